The molecule has 0 aromatic carbocycles. The summed E-state index contributed by atoms with van der Waals surface area (Å²) in [7, 11) is 0. The highest BCUT2D eigenvalue weighted by molar-refractivity contribution is 4.79. The highest BCUT2D eigenvalue weighted by Crippen LogP contribution is 2.32. The summed E-state index contributed by atoms with van der Waals surface area (Å²) in [6.45, 7) is 0. The van der Waals surface area contributed by atoms with E-state index in [-0.39, 0.29) is 0 Å². The fourth-order valence-electron chi connectivity index (χ4n) is 0.375. The summed E-state index contributed by atoms with van der Waals surface area (Å²) in [5, 5.41) is 0. The highest BCUT2D eigenvalue weighted by atomic mass is 19.4. The summed E-state index contributed by atoms with van der Waals surface area (Å²) in [6, 6.07) is -3.66. The van der Waals surface area contributed by atoms with Gasteiger partial charge >= 0.3 is 12.4 Å². The van der Waals surface area contributed by atoms with E-state index in [4.69, 9.17) is 0 Å². The van der Waals surface area contributed by atoms with Crippen molar-refractivity contribution in [1.29, 1.82) is 0 Å². The zero-order valence-corrected chi connectivity index (χ0v) is 4.92. The minimum absolute atomic E-state index is 0.632. The van der Waals surface area contributed by atoms with Crippen LogP contribution in [0.1, 0.15) is 0 Å². The maximum absolute atomic E-state index is 11.4. The maximum Gasteiger partial charge on any atom is 0.414 e. The van der Waals surface area contributed by atoms with Gasteiger partial charge < -0.3 is 0 Å². The second kappa shape index (κ2) is 2.86. The Bertz CT molecular complexity index is 111. The first-order valence-corrected chi connectivity index (χ1v) is 2.29. The molecule has 0 spiro atoms. The Morgan fingerprint density at radius 1 is 0.909 bits per heavy atom. The Hall–Kier alpha value is -0.500. The van der Waals surface area contributed by atoms with Gasteiger partial charge in [-0.05, 0) is 0 Å². The number of hydrogen-bond donors (Lipinski definition) is 2. The van der Waals surface area contributed by atoms with Crippen LogP contribution in [0.4, 0.5) is 26.3 Å². The first kappa shape index (κ1) is 10.5. The van der Waals surface area contributed by atoms with Gasteiger partial charge in [0.15, 0.2) is 0 Å². The number of hydrogen-bond acceptors (Lipinski definition) is 2. The van der Waals surface area contributed by atoms with Crippen LogP contribution in [0.2, 0.25) is 0 Å². The largest absolute Gasteiger partial charge is 0.414 e. The number of rotatable bonds is 1. The Morgan fingerprint density at radius 3 is 1.18 bits per heavy atom. The van der Waals surface area contributed by atoms with Crippen molar-refractivity contribution in [2.75, 3.05) is 0 Å². The topological polar surface area (TPSA) is 38.0 Å². The van der Waals surface area contributed by atoms with E-state index in [2.05, 4.69) is 5.84 Å². The summed E-state index contributed by atoms with van der Waals surface area (Å²) in [6.07, 6.45) is -10.8. The molecule has 0 aromatic heterocycles. The predicted octanol–water partition coefficient (Wildman–Crippen LogP) is 0.943. The lowest BCUT2D eigenvalue weighted by Gasteiger charge is -2.21. The van der Waals surface area contributed by atoms with Gasteiger partial charge in [0.05, 0.1) is 0 Å². The zero-order chi connectivity index (χ0) is 9.28. The van der Waals surface area contributed by atoms with E-state index in [0.29, 0.717) is 5.43 Å². The molecule has 0 aliphatic heterocycles. The molecule has 0 aliphatic carbocycles. The summed E-state index contributed by atoms with van der Waals surface area (Å²) >= 11 is 0. The van der Waals surface area contributed by atoms with Crippen molar-refractivity contribution in [3.63, 3.8) is 0 Å². The van der Waals surface area contributed by atoms with Crippen molar-refractivity contribution in [2.45, 2.75) is 18.4 Å². The van der Waals surface area contributed by atoms with Crippen LogP contribution in [0.5, 0.6) is 0 Å². The molecule has 0 rings (SSSR count). The average molecular weight is 182 g/mol. The van der Waals surface area contributed by atoms with E-state index in [1.165, 1.54) is 0 Å². The van der Waals surface area contributed by atoms with Gasteiger partial charge in [-0.25, -0.2) is 5.43 Å². The Morgan fingerprint density at radius 2 is 1.18 bits per heavy atom. The SMILES string of the molecule is NNC(C(F)(F)F)C(F)(F)F. The van der Waals surface area contributed by atoms with Crippen molar-refractivity contribution < 1.29 is 26.3 Å². The molecule has 68 valence electrons. The average Bonchev–Trinajstić information content (AvgIpc) is 1.56. The molecule has 0 radical (unpaired) electrons. The quantitative estimate of drug-likeness (QED) is 0.360. The highest BCUT2D eigenvalue weighted by Gasteiger charge is 2.56. The molecule has 0 aliphatic rings. The molecular weight excluding hydrogens is 178 g/mol. The summed E-state index contributed by atoms with van der Waals surface area (Å²) in [5.74, 6) is 4.06. The maximum atomic E-state index is 11.4. The minimum Gasteiger partial charge on any atom is -0.271 e. The van der Waals surface area contributed by atoms with E-state index in [0.717, 1.165) is 0 Å². The fourth-order valence-corrected chi connectivity index (χ4v) is 0.375. The molecule has 11 heavy (non-hydrogen) atoms. The van der Waals surface area contributed by atoms with Crippen molar-refractivity contribution in [3.05, 3.63) is 0 Å². The van der Waals surface area contributed by atoms with Gasteiger partial charge in [0.2, 0.25) is 6.04 Å². The number of nitrogens with two attached hydrogens (primary N) is 1. The number of alkyl halides is 6. The van der Waals surface area contributed by atoms with Gasteiger partial charge in [-0.2, -0.15) is 26.3 Å². The van der Waals surface area contributed by atoms with Crippen LogP contribution >= 0.6 is 0 Å². The van der Waals surface area contributed by atoms with Crippen LogP contribution in [-0.2, 0) is 0 Å². The van der Waals surface area contributed by atoms with Crippen LogP contribution in [0, 0.1) is 0 Å². The first-order chi connectivity index (χ1) is 4.69. The predicted molar refractivity (Wildman–Crippen MR) is 23.2 cm³/mol. The molecular formula is C3H4F6N2. The Kier molecular flexibility index (Phi) is 2.73. The minimum atomic E-state index is -5.41. The summed E-state index contributed by atoms with van der Waals surface area (Å²) in [4.78, 5) is 0. The molecule has 0 saturated heterocycles. The van der Waals surface area contributed by atoms with E-state index < -0.39 is 18.4 Å². The van der Waals surface area contributed by atoms with Gasteiger partial charge in [0, 0.05) is 0 Å². The van der Waals surface area contributed by atoms with Crippen molar-refractivity contribution in [2.24, 2.45) is 5.84 Å². The Labute approximate surface area is 57.3 Å². The molecule has 2 nitrogen and oxygen atoms in total. The third-order valence-corrected chi connectivity index (χ3v) is 0.821. The van der Waals surface area contributed by atoms with Crippen LogP contribution in [0.25, 0.3) is 0 Å². The summed E-state index contributed by atoms with van der Waals surface area (Å²) in [5.41, 5.74) is 0.632. The smallest absolute Gasteiger partial charge is 0.271 e. The molecule has 8 heteroatoms. The number of nitrogens with one attached hydrogen (secondary N) is 1. The van der Waals surface area contributed by atoms with Gasteiger partial charge in [-0.3, -0.25) is 5.84 Å². The van der Waals surface area contributed by atoms with Crippen LogP contribution in [0.15, 0.2) is 0 Å². The fraction of sp³-hybridized carbons (Fsp3) is 1.00. The monoisotopic (exact) mass is 182 g/mol. The lowest BCUT2D eigenvalue weighted by atomic mass is 10.3. The van der Waals surface area contributed by atoms with Crippen molar-refractivity contribution >= 4 is 0 Å². The van der Waals surface area contributed by atoms with Crippen LogP contribution in [0.3, 0.4) is 0 Å². The normalized spacial score (nSPS) is 14.2. The molecule has 0 saturated carbocycles. The standard InChI is InChI=1S/C3H4F6N2/c4-2(5,6)1(11-10)3(7,8)9/h1,11H,10H2. The number of hydrazine groups is 1. The number of halogens is 6. The van der Waals surface area contributed by atoms with E-state index in [9.17, 15) is 26.3 Å². The first-order valence-electron chi connectivity index (χ1n) is 2.29. The second-order valence-corrected chi connectivity index (χ2v) is 1.68. The zero-order valence-electron chi connectivity index (χ0n) is 4.92. The lowest BCUT2D eigenvalue weighted by molar-refractivity contribution is -0.258. The molecule has 0 fully saturated rings. The molecule has 0 atom stereocenters. The molecule has 0 heterocycles. The molecule has 0 amide bonds. The van der Waals surface area contributed by atoms with E-state index in [1.807, 2.05) is 0 Å². The van der Waals surface area contributed by atoms with Crippen molar-refractivity contribution in [1.82, 2.24) is 5.43 Å². The second-order valence-electron chi connectivity index (χ2n) is 1.68. The Balaban J connectivity index is 4.43. The lowest BCUT2D eigenvalue weighted by Crippen LogP contribution is -2.55. The van der Waals surface area contributed by atoms with Crippen molar-refractivity contribution in [3.8, 4) is 0 Å². The van der Waals surface area contributed by atoms with Gasteiger partial charge in [0.25, 0.3) is 0 Å². The van der Waals surface area contributed by atoms with Gasteiger partial charge in [-0.15, -0.1) is 0 Å². The third-order valence-electron chi connectivity index (χ3n) is 0.821. The molecule has 0 unspecified atom stereocenters. The van der Waals surface area contributed by atoms with E-state index in [1.54, 1.807) is 0 Å². The molecule has 3 N–H and O–H groups in total. The van der Waals surface area contributed by atoms with Crippen LogP contribution in [-0.4, -0.2) is 18.4 Å². The van der Waals surface area contributed by atoms with E-state index >= 15 is 0 Å². The van der Waals surface area contributed by atoms with Gasteiger partial charge in [-0.1, -0.05) is 0 Å². The van der Waals surface area contributed by atoms with Crippen LogP contribution < -0.4 is 11.3 Å². The molecule has 0 aromatic rings. The summed E-state index contributed by atoms with van der Waals surface area (Å²) < 4.78 is 68.1. The molecule has 0 bridgehead atoms. The van der Waals surface area contributed by atoms with Gasteiger partial charge in [0.1, 0.15) is 0 Å². The third kappa shape index (κ3) is 2.93.